The number of amides is 1. The molecule has 2 heterocycles. The SMILES string of the molecule is CN(Cc1cscn1)C(=O)C1CNC1.Cl. The Labute approximate surface area is 99.1 Å². The Balaban J connectivity index is 0.00000112. The number of hydrogen-bond donors (Lipinski definition) is 1. The van der Waals surface area contributed by atoms with Gasteiger partial charge in [0.2, 0.25) is 5.91 Å². The third-order valence-corrected chi connectivity index (χ3v) is 3.02. The van der Waals surface area contributed by atoms with Crippen LogP contribution in [0.1, 0.15) is 5.69 Å². The molecular weight excluding hydrogens is 234 g/mol. The highest BCUT2D eigenvalue weighted by atomic mass is 35.5. The number of hydrogen-bond acceptors (Lipinski definition) is 4. The fourth-order valence-corrected chi connectivity index (χ4v) is 1.96. The van der Waals surface area contributed by atoms with Crippen LogP contribution >= 0.6 is 23.7 Å². The minimum absolute atomic E-state index is 0. The number of rotatable bonds is 3. The summed E-state index contributed by atoms with van der Waals surface area (Å²) in [6.45, 7) is 2.26. The lowest BCUT2D eigenvalue weighted by atomic mass is 10.0. The van der Waals surface area contributed by atoms with Crippen molar-refractivity contribution in [3.05, 3.63) is 16.6 Å². The predicted molar refractivity (Wildman–Crippen MR) is 62.2 cm³/mol. The predicted octanol–water partition coefficient (Wildman–Crippen LogP) is 0.743. The van der Waals surface area contributed by atoms with E-state index < -0.39 is 0 Å². The zero-order chi connectivity index (χ0) is 9.97. The number of halogens is 1. The van der Waals surface area contributed by atoms with Gasteiger partial charge < -0.3 is 10.2 Å². The number of nitrogens with one attached hydrogen (secondary N) is 1. The van der Waals surface area contributed by atoms with Crippen molar-refractivity contribution in [3.8, 4) is 0 Å². The van der Waals surface area contributed by atoms with E-state index in [0.717, 1.165) is 18.8 Å². The number of carbonyl (C=O) groups is 1. The Morgan fingerprint density at radius 2 is 2.47 bits per heavy atom. The summed E-state index contributed by atoms with van der Waals surface area (Å²) in [7, 11) is 1.83. The standard InChI is InChI=1S/C9H13N3OS.ClH/c1-12(4-8-5-14-6-11-8)9(13)7-2-10-3-7;/h5-7,10H,2-4H2,1H3;1H. The Hall–Kier alpha value is -0.650. The average molecular weight is 248 g/mol. The van der Waals surface area contributed by atoms with Crippen molar-refractivity contribution in [3.63, 3.8) is 0 Å². The smallest absolute Gasteiger partial charge is 0.228 e. The molecule has 1 saturated heterocycles. The Morgan fingerprint density at radius 1 is 1.73 bits per heavy atom. The van der Waals surface area contributed by atoms with Gasteiger partial charge in [-0.05, 0) is 0 Å². The minimum atomic E-state index is 0. The summed E-state index contributed by atoms with van der Waals surface area (Å²) in [5, 5.41) is 5.07. The summed E-state index contributed by atoms with van der Waals surface area (Å²) >= 11 is 1.56. The second-order valence-electron chi connectivity index (χ2n) is 3.53. The number of carbonyl (C=O) groups excluding carboxylic acids is 1. The topological polar surface area (TPSA) is 45.2 Å². The molecule has 84 valence electrons. The van der Waals surface area contributed by atoms with E-state index in [1.165, 1.54) is 0 Å². The van der Waals surface area contributed by atoms with Crippen molar-refractivity contribution in [2.24, 2.45) is 5.92 Å². The van der Waals surface area contributed by atoms with E-state index in [4.69, 9.17) is 0 Å². The summed E-state index contributed by atoms with van der Waals surface area (Å²) in [4.78, 5) is 17.6. The quantitative estimate of drug-likeness (QED) is 0.857. The summed E-state index contributed by atoms with van der Waals surface area (Å²) in [6, 6.07) is 0. The molecule has 0 spiro atoms. The molecule has 1 amide bonds. The van der Waals surface area contributed by atoms with Crippen LogP contribution in [0.25, 0.3) is 0 Å². The van der Waals surface area contributed by atoms with Crippen molar-refractivity contribution in [2.75, 3.05) is 20.1 Å². The molecule has 0 bridgehead atoms. The molecule has 1 aliphatic rings. The summed E-state index contributed by atoms with van der Waals surface area (Å²) in [5.74, 6) is 0.399. The summed E-state index contributed by atoms with van der Waals surface area (Å²) in [6.07, 6.45) is 0. The molecule has 0 aliphatic carbocycles. The van der Waals surface area contributed by atoms with Gasteiger partial charge in [0.1, 0.15) is 0 Å². The van der Waals surface area contributed by atoms with Gasteiger partial charge in [0.15, 0.2) is 0 Å². The van der Waals surface area contributed by atoms with Crippen LogP contribution in [0, 0.1) is 5.92 Å². The monoisotopic (exact) mass is 247 g/mol. The molecule has 1 aromatic rings. The highest BCUT2D eigenvalue weighted by molar-refractivity contribution is 7.07. The molecule has 0 unspecified atom stereocenters. The van der Waals surface area contributed by atoms with Crippen LogP contribution in [0.3, 0.4) is 0 Å². The van der Waals surface area contributed by atoms with Gasteiger partial charge in [-0.1, -0.05) is 0 Å². The molecule has 1 fully saturated rings. The summed E-state index contributed by atoms with van der Waals surface area (Å²) < 4.78 is 0. The molecule has 0 aromatic carbocycles. The van der Waals surface area contributed by atoms with Crippen molar-refractivity contribution >= 4 is 29.7 Å². The number of nitrogens with zero attached hydrogens (tertiary/aromatic N) is 2. The van der Waals surface area contributed by atoms with E-state index in [2.05, 4.69) is 10.3 Å². The van der Waals surface area contributed by atoms with E-state index in [1.54, 1.807) is 21.7 Å². The van der Waals surface area contributed by atoms with E-state index in [0.29, 0.717) is 6.54 Å². The van der Waals surface area contributed by atoms with E-state index in [-0.39, 0.29) is 24.2 Å². The maximum atomic E-state index is 11.7. The molecular formula is C9H14ClN3OS. The highest BCUT2D eigenvalue weighted by Crippen LogP contribution is 2.10. The van der Waals surface area contributed by atoms with Gasteiger partial charge in [-0.25, -0.2) is 4.98 Å². The Kier molecular flexibility index (Phi) is 4.50. The molecule has 4 nitrogen and oxygen atoms in total. The van der Waals surface area contributed by atoms with Crippen LogP contribution in [0.4, 0.5) is 0 Å². The molecule has 1 aliphatic heterocycles. The van der Waals surface area contributed by atoms with Crippen molar-refractivity contribution in [1.29, 1.82) is 0 Å². The minimum Gasteiger partial charge on any atom is -0.340 e. The van der Waals surface area contributed by atoms with Crippen LogP contribution < -0.4 is 5.32 Å². The molecule has 1 N–H and O–H groups in total. The third kappa shape index (κ3) is 2.90. The third-order valence-electron chi connectivity index (χ3n) is 2.39. The maximum Gasteiger partial charge on any atom is 0.228 e. The molecule has 2 rings (SSSR count). The van der Waals surface area contributed by atoms with Crippen LogP contribution in [-0.2, 0) is 11.3 Å². The van der Waals surface area contributed by atoms with E-state index in [9.17, 15) is 4.79 Å². The Morgan fingerprint density at radius 3 is 2.93 bits per heavy atom. The maximum absolute atomic E-state index is 11.7. The molecule has 6 heteroatoms. The van der Waals surface area contributed by atoms with Gasteiger partial charge in [0, 0.05) is 25.5 Å². The second kappa shape index (κ2) is 5.44. The number of aromatic nitrogens is 1. The van der Waals surface area contributed by atoms with Crippen molar-refractivity contribution in [1.82, 2.24) is 15.2 Å². The summed E-state index contributed by atoms with van der Waals surface area (Å²) in [5.41, 5.74) is 2.76. The largest absolute Gasteiger partial charge is 0.340 e. The highest BCUT2D eigenvalue weighted by Gasteiger charge is 2.27. The van der Waals surface area contributed by atoms with Crippen LogP contribution in [-0.4, -0.2) is 35.9 Å². The second-order valence-corrected chi connectivity index (χ2v) is 4.25. The van der Waals surface area contributed by atoms with E-state index in [1.807, 2.05) is 12.4 Å². The van der Waals surface area contributed by atoms with Crippen LogP contribution in [0.5, 0.6) is 0 Å². The van der Waals surface area contributed by atoms with Gasteiger partial charge in [-0.2, -0.15) is 0 Å². The Bertz CT molecular complexity index is 313. The average Bonchev–Trinajstić information content (AvgIpc) is 2.53. The van der Waals surface area contributed by atoms with Gasteiger partial charge in [-0.3, -0.25) is 4.79 Å². The zero-order valence-corrected chi connectivity index (χ0v) is 10.1. The van der Waals surface area contributed by atoms with Gasteiger partial charge in [-0.15, -0.1) is 23.7 Å². The lowest BCUT2D eigenvalue weighted by Crippen LogP contribution is -2.51. The fraction of sp³-hybridized carbons (Fsp3) is 0.556. The fourth-order valence-electron chi connectivity index (χ4n) is 1.41. The molecule has 1 aromatic heterocycles. The first-order valence-electron chi connectivity index (χ1n) is 4.60. The molecule has 0 saturated carbocycles. The zero-order valence-electron chi connectivity index (χ0n) is 8.47. The van der Waals surface area contributed by atoms with Crippen LogP contribution in [0.2, 0.25) is 0 Å². The molecule has 0 radical (unpaired) electrons. The number of thiazole rings is 1. The van der Waals surface area contributed by atoms with Gasteiger partial charge >= 0.3 is 0 Å². The lowest BCUT2D eigenvalue weighted by molar-refractivity contribution is -0.136. The van der Waals surface area contributed by atoms with Crippen molar-refractivity contribution < 1.29 is 4.79 Å². The van der Waals surface area contributed by atoms with Gasteiger partial charge in [0.25, 0.3) is 0 Å². The van der Waals surface area contributed by atoms with Crippen molar-refractivity contribution in [2.45, 2.75) is 6.54 Å². The van der Waals surface area contributed by atoms with E-state index >= 15 is 0 Å². The molecule has 0 atom stereocenters. The first-order valence-corrected chi connectivity index (χ1v) is 5.54. The lowest BCUT2D eigenvalue weighted by Gasteiger charge is -2.29. The first kappa shape index (κ1) is 12.4. The van der Waals surface area contributed by atoms with Gasteiger partial charge in [0.05, 0.1) is 23.7 Å². The first-order chi connectivity index (χ1) is 6.77. The molecule has 15 heavy (non-hydrogen) atoms. The van der Waals surface area contributed by atoms with Crippen LogP contribution in [0.15, 0.2) is 10.9 Å². The normalized spacial score (nSPS) is 15.3.